The van der Waals surface area contributed by atoms with Gasteiger partial charge in [-0.1, -0.05) is 62.7 Å². The third-order valence-corrected chi connectivity index (χ3v) is 7.08. The van der Waals surface area contributed by atoms with Gasteiger partial charge in [-0.3, -0.25) is 4.79 Å². The summed E-state index contributed by atoms with van der Waals surface area (Å²) in [5.41, 5.74) is 4.82. The van der Waals surface area contributed by atoms with Gasteiger partial charge < -0.3 is 18.8 Å². The van der Waals surface area contributed by atoms with Crippen LogP contribution in [-0.2, 0) is 33.7 Å². The maximum Gasteiger partial charge on any atom is 0.514 e. The number of aromatic nitrogens is 2. The molecule has 0 saturated carbocycles. The molecule has 8 heteroatoms. The van der Waals surface area contributed by atoms with Gasteiger partial charge in [0, 0.05) is 37.8 Å². The van der Waals surface area contributed by atoms with Crippen LogP contribution in [0.25, 0.3) is 17.2 Å². The molecule has 1 heterocycles. The lowest BCUT2D eigenvalue weighted by atomic mass is 10.0. The van der Waals surface area contributed by atoms with Crippen molar-refractivity contribution in [3.63, 3.8) is 0 Å². The number of aldehydes is 1. The van der Waals surface area contributed by atoms with Crippen molar-refractivity contribution in [3.8, 4) is 16.9 Å². The predicted octanol–water partition coefficient (Wildman–Crippen LogP) is 7.41. The third-order valence-electron chi connectivity index (χ3n) is 7.08. The van der Waals surface area contributed by atoms with Gasteiger partial charge in [-0.15, -0.1) is 0 Å². The zero-order valence-corrected chi connectivity index (χ0v) is 25.8. The van der Waals surface area contributed by atoms with Crippen LogP contribution in [0.3, 0.4) is 0 Å². The van der Waals surface area contributed by atoms with Crippen molar-refractivity contribution >= 4 is 30.1 Å². The highest BCUT2D eigenvalue weighted by atomic mass is 16.7. The Kier molecular flexibility index (Phi) is 10.5. The van der Waals surface area contributed by atoms with Crippen LogP contribution in [0.5, 0.6) is 5.75 Å². The Balaban J connectivity index is 1.55. The van der Waals surface area contributed by atoms with E-state index in [1.807, 2.05) is 49.4 Å². The number of nitrogens with zero attached hydrogens (tertiary/aromatic N) is 3. The van der Waals surface area contributed by atoms with Crippen molar-refractivity contribution < 1.29 is 23.9 Å². The number of ether oxygens (including phenoxy) is 2. The number of unbranched alkanes of at least 4 members (excludes halogenated alkanes) is 1. The van der Waals surface area contributed by atoms with Crippen LogP contribution < -0.4 is 4.74 Å². The molecule has 1 unspecified atom stereocenters. The minimum Gasteiger partial charge on any atom is -0.428 e. The van der Waals surface area contributed by atoms with Crippen LogP contribution in [0.2, 0.25) is 0 Å². The van der Waals surface area contributed by atoms with Gasteiger partial charge in [0.2, 0.25) is 5.91 Å². The summed E-state index contributed by atoms with van der Waals surface area (Å²) < 4.78 is 13.1. The average Bonchev–Trinajstić information content (AvgIpc) is 3.28. The minimum absolute atomic E-state index is 0.0255. The molecule has 8 nitrogen and oxygen atoms in total. The lowest BCUT2D eigenvalue weighted by Crippen LogP contribution is -2.26. The summed E-state index contributed by atoms with van der Waals surface area (Å²) >= 11 is 0. The van der Waals surface area contributed by atoms with Crippen molar-refractivity contribution in [2.24, 2.45) is 10.9 Å². The van der Waals surface area contributed by atoms with Crippen molar-refractivity contribution in [2.75, 3.05) is 0 Å². The molecule has 3 aromatic rings. The molecule has 0 aliphatic heterocycles. The van der Waals surface area contributed by atoms with Crippen molar-refractivity contribution in [1.29, 1.82) is 0 Å². The van der Waals surface area contributed by atoms with E-state index in [1.165, 1.54) is 0 Å². The molecule has 4 rings (SSSR count). The number of allylic oxidation sites excluding steroid dienone is 1. The molecule has 0 N–H and O–H groups in total. The second-order valence-corrected chi connectivity index (χ2v) is 12.0. The summed E-state index contributed by atoms with van der Waals surface area (Å²) in [6.07, 6.45) is 7.99. The van der Waals surface area contributed by atoms with E-state index >= 15 is 0 Å². The Morgan fingerprint density at radius 1 is 1.09 bits per heavy atom. The quantitative estimate of drug-likeness (QED) is 0.132. The molecule has 1 aromatic heterocycles. The van der Waals surface area contributed by atoms with Crippen LogP contribution in [0.15, 0.2) is 59.6 Å². The van der Waals surface area contributed by atoms with Crippen molar-refractivity contribution in [2.45, 2.75) is 85.3 Å². The van der Waals surface area contributed by atoms with Gasteiger partial charge in [-0.25, -0.2) is 14.8 Å². The van der Waals surface area contributed by atoms with Gasteiger partial charge in [-0.2, -0.15) is 0 Å². The Hall–Kier alpha value is -4.33. The maximum absolute atomic E-state index is 12.5. The second kappa shape index (κ2) is 14.2. The number of amides is 1. The molecule has 1 aliphatic rings. The number of carbonyl (C=O) groups is 3. The van der Waals surface area contributed by atoms with E-state index < -0.39 is 11.8 Å². The highest BCUT2D eigenvalue weighted by Crippen LogP contribution is 2.31. The van der Waals surface area contributed by atoms with Gasteiger partial charge in [0.1, 0.15) is 23.5 Å². The fourth-order valence-electron chi connectivity index (χ4n) is 4.95. The summed E-state index contributed by atoms with van der Waals surface area (Å²) in [6, 6.07) is 15.6. The first-order valence-corrected chi connectivity index (χ1v) is 15.0. The van der Waals surface area contributed by atoms with E-state index in [1.54, 1.807) is 26.8 Å². The zero-order chi connectivity index (χ0) is 31.0. The molecule has 2 aromatic carbocycles. The molecule has 0 spiro atoms. The Morgan fingerprint density at radius 2 is 1.84 bits per heavy atom. The molecule has 43 heavy (non-hydrogen) atoms. The summed E-state index contributed by atoms with van der Waals surface area (Å²) in [4.78, 5) is 44.9. The van der Waals surface area contributed by atoms with Crippen molar-refractivity contribution in [3.05, 3.63) is 77.4 Å². The maximum atomic E-state index is 12.5. The summed E-state index contributed by atoms with van der Waals surface area (Å²) in [5.74, 6) is 1.22. The van der Waals surface area contributed by atoms with E-state index in [0.29, 0.717) is 30.8 Å². The highest BCUT2D eigenvalue weighted by molar-refractivity contribution is 6.07. The van der Waals surface area contributed by atoms with E-state index in [2.05, 4.69) is 28.6 Å². The number of rotatable bonds is 11. The summed E-state index contributed by atoms with van der Waals surface area (Å²) in [5, 5.41) is 0. The van der Waals surface area contributed by atoms with E-state index in [0.717, 1.165) is 59.5 Å². The lowest BCUT2D eigenvalue weighted by Gasteiger charge is -2.19. The van der Waals surface area contributed by atoms with Gasteiger partial charge in [0.05, 0.1) is 17.1 Å². The van der Waals surface area contributed by atoms with Crippen LogP contribution in [0.4, 0.5) is 4.79 Å². The number of aliphatic imine (C=N–C) groups is 1. The molecule has 1 atom stereocenters. The van der Waals surface area contributed by atoms with Crippen molar-refractivity contribution in [1.82, 2.24) is 9.55 Å². The van der Waals surface area contributed by atoms with Gasteiger partial charge >= 0.3 is 6.16 Å². The van der Waals surface area contributed by atoms with Gasteiger partial charge in [-0.05, 0) is 62.5 Å². The monoisotopic (exact) mass is 583 g/mol. The van der Waals surface area contributed by atoms with Gasteiger partial charge in [0.25, 0.3) is 0 Å². The van der Waals surface area contributed by atoms with Crippen LogP contribution in [0.1, 0.15) is 83.1 Å². The molecule has 1 aliphatic carbocycles. The molecule has 1 amide bonds. The number of hydrogen-bond acceptors (Lipinski definition) is 6. The minimum atomic E-state index is -0.741. The predicted molar refractivity (Wildman–Crippen MR) is 168 cm³/mol. The average molecular weight is 584 g/mol. The standard InChI is InChI=1S/C35H41N3O5/c1-6-7-12-32-37-29-18-17-27(36-33(40)21-24(2)19-20-39)22-30(29)38(32)23-25-13-15-26(16-14-25)28-10-8-9-11-31(28)42-34(41)43-35(3,4)5/h8-11,13-18,20,24H,6-7,12,19,21-23H2,1-5H3. The first kappa shape index (κ1) is 31.6. The summed E-state index contributed by atoms with van der Waals surface area (Å²) in [7, 11) is 0. The number of aryl methyl sites for hydroxylation is 1. The molecule has 226 valence electrons. The zero-order valence-electron chi connectivity index (χ0n) is 25.8. The number of hydrogen-bond donors (Lipinski definition) is 0. The van der Waals surface area contributed by atoms with Crippen LogP contribution >= 0.6 is 0 Å². The topological polar surface area (TPSA) is 99.8 Å². The van der Waals surface area contributed by atoms with E-state index in [-0.39, 0.29) is 18.2 Å². The first-order valence-electron chi connectivity index (χ1n) is 15.0. The number of benzene rings is 2. The normalized spacial score (nSPS) is 14.3. The smallest absolute Gasteiger partial charge is 0.428 e. The fourth-order valence-corrected chi connectivity index (χ4v) is 4.95. The molecular formula is C35H41N3O5. The Bertz CT molecular complexity index is 1510. The Morgan fingerprint density at radius 3 is 2.53 bits per heavy atom. The number of fused-ring (bicyclic) bond motifs is 1. The number of carbonyl (C=O) groups excluding carboxylic acids is 3. The third kappa shape index (κ3) is 8.83. The lowest BCUT2D eigenvalue weighted by molar-refractivity contribution is -0.118. The molecule has 0 saturated heterocycles. The van der Waals surface area contributed by atoms with Crippen LogP contribution in [-0.4, -0.2) is 39.2 Å². The summed E-state index contributed by atoms with van der Waals surface area (Å²) in [6.45, 7) is 10.1. The fraction of sp³-hybridized carbons (Fsp3) is 0.400. The van der Waals surface area contributed by atoms with Crippen LogP contribution in [0, 0.1) is 5.92 Å². The molecular weight excluding hydrogens is 542 g/mol. The Labute approximate surface area is 253 Å². The molecule has 0 bridgehead atoms. The number of para-hydroxylation sites is 1. The number of imidazole rings is 1. The van der Waals surface area contributed by atoms with E-state index in [4.69, 9.17) is 14.5 Å². The highest BCUT2D eigenvalue weighted by Gasteiger charge is 2.22. The van der Waals surface area contributed by atoms with Gasteiger partial charge in [0.15, 0.2) is 0 Å². The SMILES string of the molecule is CCCCc1nc2c(n1Cc1ccc(-c3ccccc3OC(=O)OC(C)(C)C)cc1)CC(=NC(=O)CC(C)CC=O)C=C2. The second-order valence-electron chi connectivity index (χ2n) is 12.0. The first-order chi connectivity index (χ1) is 20.6. The molecule has 0 radical (unpaired) electrons. The molecule has 0 fully saturated rings. The van der Waals surface area contributed by atoms with E-state index in [9.17, 15) is 14.4 Å². The largest absolute Gasteiger partial charge is 0.514 e.